The molecule has 102 valence electrons. The Morgan fingerprint density at radius 3 is 2.94 bits per heavy atom. The van der Waals surface area contributed by atoms with Crippen molar-refractivity contribution in [3.63, 3.8) is 0 Å². The fourth-order valence-electron chi connectivity index (χ4n) is 1.69. The van der Waals surface area contributed by atoms with Gasteiger partial charge in [-0.2, -0.15) is 11.8 Å². The Bertz CT molecular complexity index is 381. The van der Waals surface area contributed by atoms with E-state index in [0.29, 0.717) is 12.2 Å². The minimum atomic E-state index is 0.00965. The molecule has 1 aromatic rings. The highest BCUT2D eigenvalue weighted by molar-refractivity contribution is 7.98. The minimum absolute atomic E-state index is 0.00965. The summed E-state index contributed by atoms with van der Waals surface area (Å²) < 4.78 is 0. The molecule has 0 aliphatic heterocycles. The molecule has 2 N–H and O–H groups in total. The Hall–Kier alpha value is -0.590. The van der Waals surface area contributed by atoms with Crippen LogP contribution in [0.2, 0.25) is 0 Å². The van der Waals surface area contributed by atoms with E-state index < -0.39 is 0 Å². The average Bonchev–Trinajstić information content (AvgIpc) is 2.83. The van der Waals surface area contributed by atoms with E-state index in [1.54, 1.807) is 16.7 Å². The largest absolute Gasteiger partial charge is 0.337 e. The van der Waals surface area contributed by atoms with Gasteiger partial charge in [-0.05, 0) is 19.2 Å². The molecular formula is C12H21N3OS2. The number of amides is 1. The third-order valence-corrected chi connectivity index (χ3v) is 4.45. The molecule has 6 heteroatoms. The van der Waals surface area contributed by atoms with Crippen LogP contribution in [0.5, 0.6) is 0 Å². The van der Waals surface area contributed by atoms with Gasteiger partial charge in [-0.15, -0.1) is 11.3 Å². The van der Waals surface area contributed by atoms with Gasteiger partial charge >= 0.3 is 0 Å². The zero-order chi connectivity index (χ0) is 13.5. The van der Waals surface area contributed by atoms with Gasteiger partial charge in [-0.1, -0.05) is 6.92 Å². The van der Waals surface area contributed by atoms with E-state index >= 15 is 0 Å². The van der Waals surface area contributed by atoms with Gasteiger partial charge in [0, 0.05) is 30.6 Å². The monoisotopic (exact) mass is 287 g/mol. The molecule has 0 saturated heterocycles. The van der Waals surface area contributed by atoms with E-state index in [9.17, 15) is 4.79 Å². The van der Waals surface area contributed by atoms with Crippen molar-refractivity contribution in [2.24, 2.45) is 5.73 Å². The number of thioether (sulfide) groups is 1. The summed E-state index contributed by atoms with van der Waals surface area (Å²) in [6.07, 6.45) is 3.76. The number of hydrogen-bond acceptors (Lipinski definition) is 5. The smallest absolute Gasteiger partial charge is 0.273 e. The maximum absolute atomic E-state index is 12.3. The molecule has 1 aromatic heterocycles. The number of rotatable bonds is 7. The number of aromatic nitrogens is 1. The zero-order valence-corrected chi connectivity index (χ0v) is 12.8. The lowest BCUT2D eigenvalue weighted by molar-refractivity contribution is 0.0738. The molecule has 0 saturated carbocycles. The summed E-state index contributed by atoms with van der Waals surface area (Å²) in [6, 6.07) is 0.271. The Morgan fingerprint density at radius 2 is 2.39 bits per heavy atom. The Balaban J connectivity index is 2.71. The molecule has 1 unspecified atom stereocenters. The van der Waals surface area contributed by atoms with Crippen molar-refractivity contribution in [3.05, 3.63) is 16.1 Å². The Morgan fingerprint density at radius 1 is 1.67 bits per heavy atom. The van der Waals surface area contributed by atoms with Crippen LogP contribution in [0.15, 0.2) is 5.38 Å². The van der Waals surface area contributed by atoms with E-state index in [4.69, 9.17) is 5.73 Å². The lowest BCUT2D eigenvalue weighted by atomic mass is 10.2. The van der Waals surface area contributed by atoms with Crippen molar-refractivity contribution in [1.82, 2.24) is 9.88 Å². The highest BCUT2D eigenvalue weighted by atomic mass is 32.2. The molecular weight excluding hydrogens is 266 g/mol. The number of carbonyl (C=O) groups is 1. The molecule has 1 rings (SSSR count). The third kappa shape index (κ3) is 3.96. The first kappa shape index (κ1) is 15.5. The fourth-order valence-corrected chi connectivity index (χ4v) is 3.32. The van der Waals surface area contributed by atoms with Crippen LogP contribution >= 0.6 is 23.1 Å². The second-order valence-corrected chi connectivity index (χ2v) is 5.95. The summed E-state index contributed by atoms with van der Waals surface area (Å²) in [5.74, 6) is 0.967. The zero-order valence-electron chi connectivity index (χ0n) is 11.2. The molecule has 0 aromatic carbocycles. The average molecular weight is 287 g/mol. The van der Waals surface area contributed by atoms with Crippen LogP contribution in [-0.4, -0.2) is 47.4 Å². The van der Waals surface area contributed by atoms with Gasteiger partial charge in [0.25, 0.3) is 5.91 Å². The Kier molecular flexibility index (Phi) is 6.67. The number of hydrogen-bond donors (Lipinski definition) is 1. The highest BCUT2D eigenvalue weighted by Gasteiger charge is 2.21. The van der Waals surface area contributed by atoms with Crippen molar-refractivity contribution in [1.29, 1.82) is 0 Å². The lowest BCUT2D eigenvalue weighted by Gasteiger charge is -2.26. The molecule has 0 bridgehead atoms. The second kappa shape index (κ2) is 7.76. The summed E-state index contributed by atoms with van der Waals surface area (Å²) in [5, 5.41) is 2.77. The minimum Gasteiger partial charge on any atom is -0.337 e. The van der Waals surface area contributed by atoms with E-state index in [-0.39, 0.29) is 11.9 Å². The first-order valence-corrected chi connectivity index (χ1v) is 8.31. The van der Waals surface area contributed by atoms with Gasteiger partial charge in [0.15, 0.2) is 0 Å². The summed E-state index contributed by atoms with van der Waals surface area (Å²) >= 11 is 3.27. The Labute approximate surface area is 117 Å². The van der Waals surface area contributed by atoms with Gasteiger partial charge in [-0.3, -0.25) is 4.79 Å². The predicted octanol–water partition coefficient (Wildman–Crippen LogP) is 1.86. The molecule has 18 heavy (non-hydrogen) atoms. The van der Waals surface area contributed by atoms with Crippen LogP contribution in [0.3, 0.4) is 0 Å². The second-order valence-electron chi connectivity index (χ2n) is 4.10. The quantitative estimate of drug-likeness (QED) is 0.831. The van der Waals surface area contributed by atoms with Crippen molar-refractivity contribution in [2.75, 3.05) is 25.6 Å². The van der Waals surface area contributed by atoms with E-state index in [1.807, 2.05) is 12.4 Å². The highest BCUT2D eigenvalue weighted by Crippen LogP contribution is 2.15. The first-order valence-electron chi connectivity index (χ1n) is 6.04. The van der Waals surface area contributed by atoms with Gasteiger partial charge in [-0.25, -0.2) is 4.98 Å². The fraction of sp³-hybridized carbons (Fsp3) is 0.667. The summed E-state index contributed by atoms with van der Waals surface area (Å²) in [6.45, 7) is 2.67. The number of carbonyl (C=O) groups excluding carboxylic acids is 1. The SMILES string of the molecule is CCC(CSC)N(C)C(=O)c1csc(CCN)n1. The van der Waals surface area contributed by atoms with Gasteiger partial charge in [0.1, 0.15) is 5.69 Å². The number of thiazole rings is 1. The topological polar surface area (TPSA) is 59.2 Å². The molecule has 0 spiro atoms. The molecule has 1 amide bonds. The molecule has 4 nitrogen and oxygen atoms in total. The van der Waals surface area contributed by atoms with E-state index in [0.717, 1.165) is 23.6 Å². The van der Waals surface area contributed by atoms with Crippen LogP contribution in [0.4, 0.5) is 0 Å². The van der Waals surface area contributed by atoms with Crippen LogP contribution in [0, 0.1) is 0 Å². The maximum atomic E-state index is 12.3. The lowest BCUT2D eigenvalue weighted by Crippen LogP contribution is -2.38. The van der Waals surface area contributed by atoms with Gasteiger partial charge < -0.3 is 10.6 Å². The molecule has 1 atom stereocenters. The maximum Gasteiger partial charge on any atom is 0.273 e. The predicted molar refractivity (Wildman–Crippen MR) is 79.4 cm³/mol. The molecule has 0 aliphatic carbocycles. The normalized spacial score (nSPS) is 12.4. The van der Waals surface area contributed by atoms with E-state index in [1.165, 1.54) is 11.3 Å². The van der Waals surface area contributed by atoms with Crippen molar-refractivity contribution < 1.29 is 4.79 Å². The number of nitrogens with two attached hydrogens (primary N) is 1. The first-order chi connectivity index (χ1) is 8.63. The van der Waals surface area contributed by atoms with E-state index in [2.05, 4.69) is 18.2 Å². The van der Waals surface area contributed by atoms with Crippen LogP contribution in [0.1, 0.15) is 28.8 Å². The van der Waals surface area contributed by atoms with Crippen LogP contribution in [0.25, 0.3) is 0 Å². The van der Waals surface area contributed by atoms with Crippen molar-refractivity contribution in [3.8, 4) is 0 Å². The molecule has 0 aliphatic rings. The third-order valence-electron chi connectivity index (χ3n) is 2.83. The summed E-state index contributed by atoms with van der Waals surface area (Å²) in [5.41, 5.74) is 6.03. The summed E-state index contributed by atoms with van der Waals surface area (Å²) in [7, 11) is 1.86. The van der Waals surface area contributed by atoms with Gasteiger partial charge in [0.2, 0.25) is 0 Å². The van der Waals surface area contributed by atoms with Crippen molar-refractivity contribution in [2.45, 2.75) is 25.8 Å². The van der Waals surface area contributed by atoms with Gasteiger partial charge in [0.05, 0.1) is 5.01 Å². The van der Waals surface area contributed by atoms with Crippen LogP contribution < -0.4 is 5.73 Å². The van der Waals surface area contributed by atoms with Crippen LogP contribution in [-0.2, 0) is 6.42 Å². The summed E-state index contributed by atoms with van der Waals surface area (Å²) in [4.78, 5) is 18.4. The standard InChI is InChI=1S/C12H21N3OS2/c1-4-9(7-17-3)15(2)12(16)10-8-18-11(14-10)5-6-13/h8-9H,4-7,13H2,1-3H3. The molecule has 0 radical (unpaired) electrons. The number of nitrogens with zero attached hydrogens (tertiary/aromatic N) is 2. The molecule has 1 heterocycles. The molecule has 0 fully saturated rings. The van der Waals surface area contributed by atoms with Crippen molar-refractivity contribution >= 4 is 29.0 Å².